The van der Waals surface area contributed by atoms with Crippen molar-refractivity contribution in [1.82, 2.24) is 19.6 Å². The highest BCUT2D eigenvalue weighted by Gasteiger charge is 2.20. The van der Waals surface area contributed by atoms with Crippen LogP contribution >= 0.6 is 0 Å². The van der Waals surface area contributed by atoms with E-state index in [1.54, 1.807) is 0 Å². The largest absolute Gasteiger partial charge is 0.491 e. The summed E-state index contributed by atoms with van der Waals surface area (Å²) >= 11 is 0. The zero-order valence-electron chi connectivity index (χ0n) is 18.8. The lowest BCUT2D eigenvalue weighted by Gasteiger charge is -2.32. The van der Waals surface area contributed by atoms with Gasteiger partial charge in [0.15, 0.2) is 0 Å². The van der Waals surface area contributed by atoms with Gasteiger partial charge in [0.05, 0.1) is 6.20 Å². The Morgan fingerprint density at radius 1 is 1.20 bits per heavy atom. The predicted octanol–water partition coefficient (Wildman–Crippen LogP) is 3.10. The average Bonchev–Trinajstić information content (AvgIpc) is 3.17. The number of aryl methyl sites for hydroxylation is 1. The second kappa shape index (κ2) is 11.5. The first-order chi connectivity index (χ1) is 14.5. The molecule has 1 heterocycles. The molecule has 0 bridgehead atoms. The molecular formula is C24H38N4O2. The minimum Gasteiger partial charge on any atom is -0.491 e. The maximum atomic E-state index is 10.5. The van der Waals surface area contributed by atoms with Gasteiger partial charge in [-0.05, 0) is 45.0 Å². The van der Waals surface area contributed by atoms with E-state index in [1.165, 1.54) is 37.7 Å². The van der Waals surface area contributed by atoms with Gasteiger partial charge in [0, 0.05) is 44.5 Å². The van der Waals surface area contributed by atoms with Crippen molar-refractivity contribution in [2.45, 2.75) is 57.2 Å². The number of aromatic nitrogens is 2. The van der Waals surface area contributed by atoms with Gasteiger partial charge in [0.25, 0.3) is 0 Å². The van der Waals surface area contributed by atoms with Crippen LogP contribution in [0.15, 0.2) is 36.7 Å². The maximum Gasteiger partial charge on any atom is 0.123 e. The molecule has 6 heteroatoms. The van der Waals surface area contributed by atoms with Crippen molar-refractivity contribution in [2.75, 3.05) is 33.8 Å². The normalized spacial score (nSPS) is 16.3. The summed E-state index contributed by atoms with van der Waals surface area (Å²) in [7, 11) is 6.20. The zero-order chi connectivity index (χ0) is 21.3. The van der Waals surface area contributed by atoms with Crippen molar-refractivity contribution in [1.29, 1.82) is 0 Å². The molecule has 1 atom stereocenters. The molecule has 1 N–H and O–H groups in total. The van der Waals surface area contributed by atoms with Gasteiger partial charge in [-0.2, -0.15) is 5.10 Å². The van der Waals surface area contributed by atoms with Crippen LogP contribution in [0.2, 0.25) is 0 Å². The molecule has 2 aromatic rings. The van der Waals surface area contributed by atoms with Gasteiger partial charge in [-0.25, -0.2) is 0 Å². The fourth-order valence-corrected chi connectivity index (χ4v) is 4.31. The van der Waals surface area contributed by atoms with Crippen molar-refractivity contribution in [3.05, 3.63) is 47.8 Å². The number of rotatable bonds is 11. The molecule has 1 saturated carbocycles. The SMILES string of the molecule is CN(CCc1cnn(C)c1)Cc1ccccc1OC[C@@H](O)CN(C)C1CCCCC1. The van der Waals surface area contributed by atoms with E-state index in [9.17, 15) is 5.11 Å². The molecular weight excluding hydrogens is 376 g/mol. The lowest BCUT2D eigenvalue weighted by Crippen LogP contribution is -2.40. The van der Waals surface area contributed by atoms with Gasteiger partial charge in [0.2, 0.25) is 0 Å². The number of aliphatic hydroxyl groups excluding tert-OH is 1. The summed E-state index contributed by atoms with van der Waals surface area (Å²) in [5, 5.41) is 14.7. The predicted molar refractivity (Wildman–Crippen MR) is 121 cm³/mol. The Bertz CT molecular complexity index is 757. The second-order valence-corrected chi connectivity index (χ2v) is 8.81. The van der Waals surface area contributed by atoms with E-state index in [0.717, 1.165) is 30.8 Å². The Morgan fingerprint density at radius 2 is 1.97 bits per heavy atom. The first kappa shape index (κ1) is 22.8. The molecule has 1 aliphatic rings. The average molecular weight is 415 g/mol. The van der Waals surface area contributed by atoms with Crippen molar-refractivity contribution in [3.63, 3.8) is 0 Å². The Labute approximate surface area is 181 Å². The number of likely N-dealkylation sites (N-methyl/N-ethyl adjacent to an activating group) is 2. The number of ether oxygens (including phenoxy) is 1. The van der Waals surface area contributed by atoms with E-state index < -0.39 is 6.10 Å². The lowest BCUT2D eigenvalue weighted by atomic mass is 9.94. The minimum absolute atomic E-state index is 0.327. The molecule has 6 nitrogen and oxygen atoms in total. The Balaban J connectivity index is 1.45. The topological polar surface area (TPSA) is 53.8 Å². The van der Waals surface area contributed by atoms with Gasteiger partial charge in [-0.3, -0.25) is 4.68 Å². The fourth-order valence-electron chi connectivity index (χ4n) is 4.31. The molecule has 0 aliphatic heterocycles. The van der Waals surface area contributed by atoms with Crippen LogP contribution in [0.4, 0.5) is 0 Å². The molecule has 0 amide bonds. The van der Waals surface area contributed by atoms with E-state index in [1.807, 2.05) is 36.1 Å². The van der Waals surface area contributed by atoms with E-state index in [0.29, 0.717) is 19.2 Å². The van der Waals surface area contributed by atoms with E-state index in [-0.39, 0.29) is 0 Å². The van der Waals surface area contributed by atoms with Crippen LogP contribution in [0.25, 0.3) is 0 Å². The highest BCUT2D eigenvalue weighted by molar-refractivity contribution is 5.33. The number of benzene rings is 1. The van der Waals surface area contributed by atoms with Crippen LogP contribution in [-0.4, -0.2) is 70.6 Å². The molecule has 1 fully saturated rings. The third-order valence-corrected chi connectivity index (χ3v) is 6.08. The summed E-state index contributed by atoms with van der Waals surface area (Å²) in [4.78, 5) is 4.60. The van der Waals surface area contributed by atoms with Crippen LogP contribution in [0.3, 0.4) is 0 Å². The monoisotopic (exact) mass is 414 g/mol. The standard InChI is InChI=1S/C24H38N4O2/c1-26(14-13-20-15-25-28(3)16-20)17-21-9-7-8-12-24(21)30-19-23(29)18-27(2)22-10-5-4-6-11-22/h7-9,12,15-16,22-23,29H,4-6,10-11,13-14,17-19H2,1-3H3/t23-/m0/s1. The first-order valence-electron chi connectivity index (χ1n) is 11.3. The smallest absolute Gasteiger partial charge is 0.123 e. The molecule has 166 valence electrons. The van der Waals surface area contributed by atoms with Crippen LogP contribution in [0, 0.1) is 0 Å². The third-order valence-electron chi connectivity index (χ3n) is 6.08. The van der Waals surface area contributed by atoms with Crippen molar-refractivity contribution >= 4 is 0 Å². The quantitative estimate of drug-likeness (QED) is 0.612. The van der Waals surface area contributed by atoms with Crippen molar-refractivity contribution in [2.24, 2.45) is 7.05 Å². The van der Waals surface area contributed by atoms with E-state index >= 15 is 0 Å². The van der Waals surface area contributed by atoms with Crippen LogP contribution in [0.1, 0.15) is 43.2 Å². The molecule has 1 aromatic heterocycles. The number of para-hydroxylation sites is 1. The van der Waals surface area contributed by atoms with Crippen LogP contribution in [-0.2, 0) is 20.0 Å². The fraction of sp³-hybridized carbons (Fsp3) is 0.625. The summed E-state index contributed by atoms with van der Waals surface area (Å²) in [5.74, 6) is 0.866. The van der Waals surface area contributed by atoms with Crippen LogP contribution in [0.5, 0.6) is 5.75 Å². The Hall–Kier alpha value is -1.89. The van der Waals surface area contributed by atoms with Gasteiger partial charge < -0.3 is 19.6 Å². The maximum absolute atomic E-state index is 10.5. The van der Waals surface area contributed by atoms with Crippen LogP contribution < -0.4 is 4.74 Å². The lowest BCUT2D eigenvalue weighted by molar-refractivity contribution is 0.0557. The van der Waals surface area contributed by atoms with Gasteiger partial charge in [-0.15, -0.1) is 0 Å². The summed E-state index contributed by atoms with van der Waals surface area (Å²) < 4.78 is 7.88. The Morgan fingerprint density at radius 3 is 2.70 bits per heavy atom. The van der Waals surface area contributed by atoms with Crippen molar-refractivity contribution in [3.8, 4) is 5.75 Å². The van der Waals surface area contributed by atoms with Gasteiger partial charge in [0.1, 0.15) is 18.5 Å². The second-order valence-electron chi connectivity index (χ2n) is 8.81. The molecule has 0 saturated heterocycles. The Kier molecular flexibility index (Phi) is 8.73. The molecule has 1 aliphatic carbocycles. The number of nitrogens with zero attached hydrogens (tertiary/aromatic N) is 4. The summed E-state index contributed by atoms with van der Waals surface area (Å²) in [6.45, 7) is 2.76. The minimum atomic E-state index is -0.478. The molecule has 30 heavy (non-hydrogen) atoms. The highest BCUT2D eigenvalue weighted by atomic mass is 16.5. The highest BCUT2D eigenvalue weighted by Crippen LogP contribution is 2.22. The molecule has 0 spiro atoms. The molecule has 1 aromatic carbocycles. The van der Waals surface area contributed by atoms with Crippen molar-refractivity contribution < 1.29 is 9.84 Å². The number of hydrogen-bond acceptors (Lipinski definition) is 5. The number of aliphatic hydroxyl groups is 1. The summed E-state index contributed by atoms with van der Waals surface area (Å²) in [6, 6.07) is 8.76. The first-order valence-corrected chi connectivity index (χ1v) is 11.3. The van der Waals surface area contributed by atoms with Gasteiger partial charge >= 0.3 is 0 Å². The summed E-state index contributed by atoms with van der Waals surface area (Å²) in [6.07, 6.45) is 11.0. The molecule has 3 rings (SSSR count). The molecule has 0 radical (unpaired) electrons. The van der Waals surface area contributed by atoms with E-state index in [4.69, 9.17) is 4.74 Å². The summed E-state index contributed by atoms with van der Waals surface area (Å²) in [5.41, 5.74) is 2.40. The third kappa shape index (κ3) is 7.11. The van der Waals surface area contributed by atoms with Gasteiger partial charge in [-0.1, -0.05) is 37.5 Å². The number of hydrogen-bond donors (Lipinski definition) is 1. The van der Waals surface area contributed by atoms with E-state index in [2.05, 4.69) is 41.3 Å². The molecule has 0 unspecified atom stereocenters. The zero-order valence-corrected chi connectivity index (χ0v) is 18.8.